The van der Waals surface area contributed by atoms with E-state index in [0.29, 0.717) is 5.69 Å². The first-order valence-electron chi connectivity index (χ1n) is 5.24. The molecule has 0 bridgehead atoms. The van der Waals surface area contributed by atoms with Crippen LogP contribution in [0.2, 0.25) is 0 Å². The van der Waals surface area contributed by atoms with Crippen LogP contribution >= 0.6 is 15.9 Å². The summed E-state index contributed by atoms with van der Waals surface area (Å²) in [6.45, 7) is 0. The minimum absolute atomic E-state index is 0.151. The van der Waals surface area contributed by atoms with Crippen LogP contribution in [0.25, 0.3) is 0 Å². The van der Waals surface area contributed by atoms with Gasteiger partial charge < -0.3 is 5.32 Å². The maximum Gasteiger partial charge on any atom is 0.284 e. The molecule has 0 unspecified atom stereocenters. The number of nitrogens with one attached hydrogen (secondary N) is 1. The number of anilines is 1. The summed E-state index contributed by atoms with van der Waals surface area (Å²) >= 11 is 3.08. The van der Waals surface area contributed by atoms with E-state index in [1.165, 1.54) is 30.6 Å². The second-order valence-electron chi connectivity index (χ2n) is 3.59. The minimum Gasteiger partial charge on any atom is -0.322 e. The lowest BCUT2D eigenvalue weighted by atomic mass is 10.2. The maximum absolute atomic E-state index is 12.0. The summed E-state index contributed by atoms with van der Waals surface area (Å²) in [5.41, 5.74) is 0.617. The Labute approximate surface area is 116 Å². The van der Waals surface area contributed by atoms with Gasteiger partial charge in [-0.2, -0.15) is 0 Å². The van der Waals surface area contributed by atoms with Gasteiger partial charge in [-0.25, -0.2) is 0 Å². The molecule has 1 aromatic heterocycles. The molecule has 1 amide bonds. The summed E-state index contributed by atoms with van der Waals surface area (Å²) in [5, 5.41) is 13.4. The lowest BCUT2D eigenvalue weighted by molar-refractivity contribution is -0.385. The van der Waals surface area contributed by atoms with Crippen LogP contribution in [0.15, 0.2) is 47.2 Å². The summed E-state index contributed by atoms with van der Waals surface area (Å²) < 4.78 is 0.159. The second-order valence-corrected chi connectivity index (χ2v) is 4.38. The molecule has 1 heterocycles. The maximum atomic E-state index is 12.0. The number of hydrogen-bond donors (Lipinski definition) is 1. The van der Waals surface area contributed by atoms with E-state index in [1.807, 2.05) is 0 Å². The third-order valence-corrected chi connectivity index (χ3v) is 3.19. The Morgan fingerprint density at radius 3 is 2.58 bits per heavy atom. The van der Waals surface area contributed by atoms with Crippen molar-refractivity contribution in [2.45, 2.75) is 0 Å². The lowest BCUT2D eigenvalue weighted by Crippen LogP contribution is -2.13. The molecule has 0 saturated carbocycles. The Balaban J connectivity index is 2.30. The Morgan fingerprint density at radius 2 is 1.95 bits per heavy atom. The SMILES string of the molecule is O=C(Nc1ccncc1)c1cccc([N+](=O)[O-])c1Br. The van der Waals surface area contributed by atoms with E-state index in [9.17, 15) is 14.9 Å². The number of benzene rings is 1. The average molecular weight is 322 g/mol. The smallest absolute Gasteiger partial charge is 0.284 e. The predicted octanol–water partition coefficient (Wildman–Crippen LogP) is 3.00. The molecule has 96 valence electrons. The molecular formula is C12H8BrN3O3. The Morgan fingerprint density at radius 1 is 1.26 bits per heavy atom. The molecule has 0 spiro atoms. The van der Waals surface area contributed by atoms with Gasteiger partial charge in [0.1, 0.15) is 4.47 Å². The van der Waals surface area contributed by atoms with Gasteiger partial charge in [0.2, 0.25) is 0 Å². The fraction of sp³-hybridized carbons (Fsp3) is 0. The number of amides is 1. The standard InChI is InChI=1S/C12H8BrN3O3/c13-11-9(2-1-3-10(11)16(18)19)12(17)15-8-4-6-14-7-5-8/h1-7H,(H,14,15,17). The summed E-state index contributed by atoms with van der Waals surface area (Å²) in [6, 6.07) is 7.55. The number of rotatable bonds is 3. The molecule has 0 radical (unpaired) electrons. The highest BCUT2D eigenvalue weighted by molar-refractivity contribution is 9.10. The van der Waals surface area contributed by atoms with Gasteiger partial charge in [0.25, 0.3) is 11.6 Å². The zero-order chi connectivity index (χ0) is 13.8. The summed E-state index contributed by atoms with van der Waals surface area (Å²) in [6.07, 6.45) is 3.08. The van der Waals surface area contributed by atoms with Crippen LogP contribution in [-0.4, -0.2) is 15.8 Å². The van der Waals surface area contributed by atoms with Crippen LogP contribution in [0.4, 0.5) is 11.4 Å². The fourth-order valence-corrected chi connectivity index (χ4v) is 2.06. The van der Waals surface area contributed by atoms with Crippen molar-refractivity contribution in [1.29, 1.82) is 0 Å². The number of carbonyl (C=O) groups is 1. The number of nitrogens with zero attached hydrogens (tertiary/aromatic N) is 2. The molecule has 0 aliphatic heterocycles. The number of nitro benzene ring substituents is 1. The molecular weight excluding hydrogens is 314 g/mol. The van der Waals surface area contributed by atoms with Crippen molar-refractivity contribution < 1.29 is 9.72 Å². The molecule has 0 fully saturated rings. The van der Waals surface area contributed by atoms with E-state index in [-0.39, 0.29) is 15.7 Å². The van der Waals surface area contributed by atoms with Gasteiger partial charge in [-0.1, -0.05) is 6.07 Å². The third-order valence-electron chi connectivity index (χ3n) is 2.36. The molecule has 1 aromatic carbocycles. The first-order valence-corrected chi connectivity index (χ1v) is 6.03. The zero-order valence-electron chi connectivity index (χ0n) is 9.54. The van der Waals surface area contributed by atoms with E-state index in [0.717, 1.165) is 0 Å². The van der Waals surface area contributed by atoms with E-state index in [2.05, 4.69) is 26.2 Å². The van der Waals surface area contributed by atoms with E-state index < -0.39 is 10.8 Å². The minimum atomic E-state index is -0.548. The van der Waals surface area contributed by atoms with E-state index >= 15 is 0 Å². The summed E-state index contributed by atoms with van der Waals surface area (Å²) in [7, 11) is 0. The molecule has 6 nitrogen and oxygen atoms in total. The van der Waals surface area contributed by atoms with Gasteiger partial charge in [-0.15, -0.1) is 0 Å². The first-order chi connectivity index (χ1) is 9.09. The number of hydrogen-bond acceptors (Lipinski definition) is 4. The highest BCUT2D eigenvalue weighted by atomic mass is 79.9. The number of pyridine rings is 1. The molecule has 7 heteroatoms. The van der Waals surface area contributed by atoms with Gasteiger partial charge in [0.05, 0.1) is 10.5 Å². The summed E-state index contributed by atoms with van der Waals surface area (Å²) in [5.74, 6) is -0.429. The zero-order valence-corrected chi connectivity index (χ0v) is 11.1. The Hall–Kier alpha value is -2.28. The molecule has 0 aliphatic carbocycles. The fourth-order valence-electron chi connectivity index (χ4n) is 1.47. The van der Waals surface area contributed by atoms with Crippen molar-refractivity contribution in [3.63, 3.8) is 0 Å². The van der Waals surface area contributed by atoms with Crippen molar-refractivity contribution in [2.75, 3.05) is 5.32 Å². The third kappa shape index (κ3) is 2.94. The van der Waals surface area contributed by atoms with Gasteiger partial charge >= 0.3 is 0 Å². The van der Waals surface area contributed by atoms with Crippen molar-refractivity contribution in [3.8, 4) is 0 Å². The van der Waals surface area contributed by atoms with Crippen LogP contribution in [0, 0.1) is 10.1 Å². The topological polar surface area (TPSA) is 85.1 Å². The van der Waals surface area contributed by atoms with Gasteiger partial charge in [0, 0.05) is 24.1 Å². The number of carbonyl (C=O) groups excluding carboxylic acids is 1. The largest absolute Gasteiger partial charge is 0.322 e. The van der Waals surface area contributed by atoms with Crippen LogP contribution in [0.3, 0.4) is 0 Å². The first kappa shape index (κ1) is 13.2. The molecule has 19 heavy (non-hydrogen) atoms. The van der Waals surface area contributed by atoms with Gasteiger partial charge in [-0.05, 0) is 34.1 Å². The Bertz CT molecular complexity index is 631. The van der Waals surface area contributed by atoms with Crippen molar-refractivity contribution >= 4 is 33.2 Å². The molecule has 0 atom stereocenters. The molecule has 1 N–H and O–H groups in total. The highest BCUT2D eigenvalue weighted by Gasteiger charge is 2.19. The molecule has 0 aliphatic rings. The number of aromatic nitrogens is 1. The second kappa shape index (κ2) is 5.57. The van der Waals surface area contributed by atoms with Crippen molar-refractivity contribution in [1.82, 2.24) is 4.98 Å². The average Bonchev–Trinajstić information content (AvgIpc) is 2.39. The normalized spacial score (nSPS) is 9.95. The molecule has 0 saturated heterocycles. The molecule has 2 aromatic rings. The number of halogens is 1. The van der Waals surface area contributed by atoms with E-state index in [1.54, 1.807) is 12.1 Å². The van der Waals surface area contributed by atoms with Crippen LogP contribution < -0.4 is 5.32 Å². The molecule has 2 rings (SSSR count). The van der Waals surface area contributed by atoms with Crippen molar-refractivity contribution in [2.24, 2.45) is 0 Å². The van der Waals surface area contributed by atoms with Crippen molar-refractivity contribution in [3.05, 3.63) is 62.9 Å². The highest BCUT2D eigenvalue weighted by Crippen LogP contribution is 2.28. The Kier molecular flexibility index (Phi) is 3.86. The van der Waals surface area contributed by atoms with E-state index in [4.69, 9.17) is 0 Å². The quantitative estimate of drug-likeness (QED) is 0.695. The van der Waals surface area contributed by atoms with Crippen LogP contribution in [0.5, 0.6) is 0 Å². The van der Waals surface area contributed by atoms with Crippen LogP contribution in [-0.2, 0) is 0 Å². The van der Waals surface area contributed by atoms with Crippen LogP contribution in [0.1, 0.15) is 10.4 Å². The monoisotopic (exact) mass is 321 g/mol. The van der Waals surface area contributed by atoms with Gasteiger partial charge in [-0.3, -0.25) is 19.9 Å². The number of nitro groups is 1. The predicted molar refractivity (Wildman–Crippen MR) is 73.0 cm³/mol. The van der Waals surface area contributed by atoms with Gasteiger partial charge in [0.15, 0.2) is 0 Å². The summed E-state index contributed by atoms with van der Waals surface area (Å²) in [4.78, 5) is 26.1. The lowest BCUT2D eigenvalue weighted by Gasteiger charge is -2.06.